The second kappa shape index (κ2) is 10.1. The second-order valence-electron chi connectivity index (χ2n) is 6.84. The predicted molar refractivity (Wildman–Crippen MR) is 124 cm³/mol. The lowest BCUT2D eigenvalue weighted by Gasteiger charge is -2.17. The van der Waals surface area contributed by atoms with E-state index in [-0.39, 0.29) is 38.2 Å². The van der Waals surface area contributed by atoms with E-state index < -0.39 is 47.1 Å². The lowest BCUT2D eigenvalue weighted by atomic mass is 9.99. The molecular weight excluding hydrogens is 555 g/mol. The maximum Gasteiger partial charge on any atom is 0.253 e. The van der Waals surface area contributed by atoms with Gasteiger partial charge in [0.15, 0.2) is 23.3 Å². The van der Waals surface area contributed by atoms with Crippen molar-refractivity contribution in [3.05, 3.63) is 86.6 Å². The van der Waals surface area contributed by atoms with E-state index in [1.807, 2.05) is 0 Å². The van der Waals surface area contributed by atoms with E-state index >= 15 is 4.39 Å². The van der Waals surface area contributed by atoms with Crippen LogP contribution in [0.4, 0.5) is 34.8 Å². The smallest absolute Gasteiger partial charge is 0.253 e. The number of anilines is 3. The molecule has 11 heteroatoms. The lowest BCUT2D eigenvalue weighted by molar-refractivity contribution is 0.0958. The normalized spacial score (nSPS) is 10.7. The van der Waals surface area contributed by atoms with Gasteiger partial charge in [0.2, 0.25) is 0 Å². The number of nitrogens with one attached hydrogen (secondary N) is 2. The largest absolute Gasteiger partial charge is 0.507 e. The number of aromatic nitrogens is 1. The molecule has 0 bridgehead atoms. The van der Waals surface area contributed by atoms with Crippen LogP contribution >= 0.6 is 22.6 Å². The number of phenols is 1. The number of phenolic OH excluding ortho intramolecular Hbond substituents is 1. The number of nitrogen functional groups attached to an aromatic ring is 1. The van der Waals surface area contributed by atoms with Gasteiger partial charge < -0.3 is 21.5 Å². The van der Waals surface area contributed by atoms with Gasteiger partial charge in [-0.15, -0.1) is 6.58 Å². The molecule has 0 aliphatic heterocycles. The van der Waals surface area contributed by atoms with Crippen LogP contribution in [0.15, 0.2) is 43.1 Å². The van der Waals surface area contributed by atoms with E-state index in [9.17, 15) is 23.1 Å². The van der Waals surface area contributed by atoms with Crippen molar-refractivity contribution in [1.29, 1.82) is 0 Å². The van der Waals surface area contributed by atoms with Gasteiger partial charge in [0.25, 0.3) is 5.91 Å². The highest BCUT2D eigenvalue weighted by Gasteiger charge is 2.24. The Morgan fingerprint density at radius 1 is 1.15 bits per heavy atom. The van der Waals surface area contributed by atoms with Gasteiger partial charge in [0, 0.05) is 25.2 Å². The highest BCUT2D eigenvalue weighted by molar-refractivity contribution is 14.1. The first-order valence-corrected chi connectivity index (χ1v) is 10.5. The number of nitrogens with two attached hydrogens (primary N) is 1. The number of amides is 1. The number of pyridine rings is 1. The number of hydrogen-bond acceptors (Lipinski definition) is 5. The molecule has 1 heterocycles. The fourth-order valence-electron chi connectivity index (χ4n) is 2.98. The van der Waals surface area contributed by atoms with Gasteiger partial charge in [-0.1, -0.05) is 6.08 Å². The predicted octanol–water partition coefficient (Wildman–Crippen LogP) is 4.78. The van der Waals surface area contributed by atoms with Gasteiger partial charge in [-0.3, -0.25) is 4.79 Å². The summed E-state index contributed by atoms with van der Waals surface area (Å²) < 4.78 is 58.9. The zero-order valence-corrected chi connectivity index (χ0v) is 19.0. The molecule has 3 rings (SSSR count). The van der Waals surface area contributed by atoms with Crippen LogP contribution in [0.1, 0.15) is 21.5 Å². The minimum absolute atomic E-state index is 0.0147. The molecule has 0 aliphatic rings. The van der Waals surface area contributed by atoms with Crippen LogP contribution < -0.4 is 16.4 Å². The van der Waals surface area contributed by atoms with E-state index in [4.69, 9.17) is 5.73 Å². The summed E-state index contributed by atoms with van der Waals surface area (Å²) in [6.07, 6.45) is 2.15. The van der Waals surface area contributed by atoms with Crippen molar-refractivity contribution in [2.75, 3.05) is 17.6 Å². The number of carbonyl (C=O) groups excluding carboxylic acids is 1. The molecule has 0 saturated carbocycles. The number of halogens is 5. The Bertz CT molecular complexity index is 1250. The quantitative estimate of drug-likeness (QED) is 0.186. The first-order valence-electron chi connectivity index (χ1n) is 9.37. The van der Waals surface area contributed by atoms with E-state index in [0.29, 0.717) is 0 Å². The summed E-state index contributed by atoms with van der Waals surface area (Å²) in [5.74, 6) is -6.16. The lowest BCUT2D eigenvalue weighted by Crippen LogP contribution is -2.25. The molecule has 1 amide bonds. The van der Waals surface area contributed by atoms with Gasteiger partial charge in [-0.05, 0) is 51.9 Å². The number of carbonyl (C=O) groups is 1. The monoisotopic (exact) mass is 572 g/mol. The molecule has 6 nitrogen and oxygen atoms in total. The molecule has 0 radical (unpaired) electrons. The van der Waals surface area contributed by atoms with Crippen LogP contribution in [0.3, 0.4) is 0 Å². The summed E-state index contributed by atoms with van der Waals surface area (Å²) in [7, 11) is 0. The number of hydrogen-bond donors (Lipinski definition) is 4. The Balaban J connectivity index is 2.13. The SMILES string of the molecule is C=CCNC(=O)c1cc(Cc2ccnc(N)c2F)c(F)c(F)c1Nc1cc(O)c(I)cc1F. The van der Waals surface area contributed by atoms with E-state index in [1.165, 1.54) is 18.3 Å². The molecule has 3 aromatic rings. The summed E-state index contributed by atoms with van der Waals surface area (Å²) >= 11 is 1.69. The third-order valence-corrected chi connectivity index (χ3v) is 5.47. The fraction of sp³-hybridized carbons (Fsp3) is 0.0909. The molecule has 172 valence electrons. The Labute approximate surface area is 199 Å². The molecule has 0 unspecified atom stereocenters. The average molecular weight is 572 g/mol. The van der Waals surface area contributed by atoms with Crippen LogP contribution in [0.25, 0.3) is 0 Å². The highest BCUT2D eigenvalue weighted by atomic mass is 127. The molecule has 0 spiro atoms. The van der Waals surface area contributed by atoms with Crippen LogP contribution in [0, 0.1) is 26.8 Å². The van der Waals surface area contributed by atoms with Crippen molar-refractivity contribution in [1.82, 2.24) is 10.3 Å². The third kappa shape index (κ3) is 5.18. The Kier molecular flexibility index (Phi) is 7.41. The third-order valence-electron chi connectivity index (χ3n) is 4.61. The van der Waals surface area contributed by atoms with Crippen molar-refractivity contribution in [3.8, 4) is 5.75 Å². The van der Waals surface area contributed by atoms with E-state index in [1.54, 1.807) is 22.6 Å². The maximum absolute atomic E-state index is 15.1. The Morgan fingerprint density at radius 2 is 1.88 bits per heavy atom. The maximum atomic E-state index is 15.1. The van der Waals surface area contributed by atoms with Crippen LogP contribution in [0.2, 0.25) is 0 Å². The van der Waals surface area contributed by atoms with Crippen LogP contribution in [-0.4, -0.2) is 22.5 Å². The van der Waals surface area contributed by atoms with Gasteiger partial charge in [0.1, 0.15) is 11.6 Å². The van der Waals surface area contributed by atoms with Gasteiger partial charge in [-0.25, -0.2) is 22.5 Å². The molecule has 0 fully saturated rings. The first kappa shape index (κ1) is 24.3. The first-order chi connectivity index (χ1) is 15.6. The highest BCUT2D eigenvalue weighted by Crippen LogP contribution is 2.34. The second-order valence-corrected chi connectivity index (χ2v) is 8.00. The molecule has 5 N–H and O–H groups in total. The van der Waals surface area contributed by atoms with Gasteiger partial charge in [-0.2, -0.15) is 0 Å². The minimum Gasteiger partial charge on any atom is -0.507 e. The topological polar surface area (TPSA) is 100 Å². The molecule has 0 aliphatic carbocycles. The molecule has 33 heavy (non-hydrogen) atoms. The molecule has 0 saturated heterocycles. The zero-order chi connectivity index (χ0) is 24.3. The minimum atomic E-state index is -1.49. The number of benzene rings is 2. The number of rotatable bonds is 7. The van der Waals surface area contributed by atoms with Gasteiger partial charge in [0.05, 0.1) is 20.5 Å². The molecular formula is C22H17F4IN4O2. The van der Waals surface area contributed by atoms with Gasteiger partial charge >= 0.3 is 0 Å². The summed E-state index contributed by atoms with van der Waals surface area (Å²) in [5.41, 5.74) is 3.62. The summed E-state index contributed by atoms with van der Waals surface area (Å²) in [6.45, 7) is 3.48. The molecule has 2 aromatic carbocycles. The standard InChI is InChI=1S/C22H17F4IN4O2/c1-2-4-30-22(33)12-7-11(6-10-3-5-29-21(28)18(10)25)17(24)19(26)20(12)31-15-9-16(32)14(27)8-13(15)23/h2-3,5,7-9,31-32H,1,4,6H2,(H2,28,29)(H,30,33). The van der Waals surface area contributed by atoms with Crippen molar-refractivity contribution < 1.29 is 27.5 Å². The van der Waals surface area contributed by atoms with Crippen molar-refractivity contribution in [3.63, 3.8) is 0 Å². The van der Waals surface area contributed by atoms with E-state index in [0.717, 1.165) is 18.2 Å². The molecule has 1 aromatic heterocycles. The van der Waals surface area contributed by atoms with E-state index in [2.05, 4.69) is 22.2 Å². The van der Waals surface area contributed by atoms with Crippen molar-refractivity contribution >= 4 is 45.7 Å². The number of nitrogens with zero attached hydrogens (tertiary/aromatic N) is 1. The molecule has 0 atom stereocenters. The average Bonchev–Trinajstić information content (AvgIpc) is 2.78. The van der Waals surface area contributed by atoms with Crippen LogP contribution in [0.5, 0.6) is 5.75 Å². The van der Waals surface area contributed by atoms with Crippen molar-refractivity contribution in [2.45, 2.75) is 6.42 Å². The van der Waals surface area contributed by atoms with Crippen molar-refractivity contribution in [2.24, 2.45) is 0 Å². The summed E-state index contributed by atoms with van der Waals surface area (Å²) in [4.78, 5) is 16.3. The number of aromatic hydroxyl groups is 1. The Hall–Kier alpha value is -3.35. The summed E-state index contributed by atoms with van der Waals surface area (Å²) in [6, 6.07) is 4.23. The summed E-state index contributed by atoms with van der Waals surface area (Å²) in [5, 5.41) is 14.6. The fourth-order valence-corrected chi connectivity index (χ4v) is 3.41. The Morgan fingerprint density at radius 3 is 2.58 bits per heavy atom. The van der Waals surface area contributed by atoms with Crippen LogP contribution in [-0.2, 0) is 6.42 Å². The zero-order valence-electron chi connectivity index (χ0n) is 16.9.